The summed E-state index contributed by atoms with van der Waals surface area (Å²) in [6.45, 7) is 5.71. The van der Waals surface area contributed by atoms with Crippen LogP contribution in [0.1, 0.15) is 32.4 Å². The smallest absolute Gasteiger partial charge is 0.0810 e. The van der Waals surface area contributed by atoms with Crippen LogP contribution in [0.5, 0.6) is 0 Å². The Bertz CT molecular complexity index is 621. The monoisotopic (exact) mass is 270 g/mol. The van der Waals surface area contributed by atoms with Crippen LogP contribution in [0.3, 0.4) is 0 Å². The molecule has 1 saturated heterocycles. The molecule has 0 amide bonds. The predicted molar refractivity (Wildman–Crippen MR) is 83.2 cm³/mol. The van der Waals surface area contributed by atoms with Crippen LogP contribution >= 0.6 is 0 Å². The molecule has 2 aromatic rings. The molecule has 0 spiro atoms. The highest BCUT2D eigenvalue weighted by Crippen LogP contribution is 2.32. The van der Waals surface area contributed by atoms with Crippen LogP contribution in [-0.4, -0.2) is 28.8 Å². The van der Waals surface area contributed by atoms with Crippen molar-refractivity contribution in [3.8, 4) is 0 Å². The molecule has 1 N–H and O–H groups in total. The van der Waals surface area contributed by atoms with Crippen molar-refractivity contribution >= 4 is 16.6 Å². The lowest BCUT2D eigenvalue weighted by atomic mass is 10.1. The first kappa shape index (κ1) is 13.4. The summed E-state index contributed by atoms with van der Waals surface area (Å²) in [6, 6.07) is 10.5. The first-order valence-electron chi connectivity index (χ1n) is 7.45. The third-order valence-electron chi connectivity index (χ3n) is 4.05. The predicted octanol–water partition coefficient (Wildman–Crippen LogP) is 3.15. The number of aryl methyl sites for hydroxylation is 1. The second kappa shape index (κ2) is 5.06. The van der Waals surface area contributed by atoms with Crippen molar-refractivity contribution in [3.63, 3.8) is 0 Å². The summed E-state index contributed by atoms with van der Waals surface area (Å²) in [7, 11) is 0. The van der Waals surface area contributed by atoms with Gasteiger partial charge in [-0.2, -0.15) is 0 Å². The molecule has 3 rings (SSSR count). The van der Waals surface area contributed by atoms with Crippen molar-refractivity contribution in [2.24, 2.45) is 0 Å². The molecule has 106 valence electrons. The zero-order valence-electron chi connectivity index (χ0n) is 12.3. The number of aromatic nitrogens is 1. The Hall–Kier alpha value is -1.61. The molecule has 1 aliphatic rings. The van der Waals surface area contributed by atoms with Crippen LogP contribution in [0.15, 0.2) is 30.3 Å². The fraction of sp³-hybridized carbons (Fsp3) is 0.471. The second-order valence-electron chi connectivity index (χ2n) is 6.07. The molecule has 3 nitrogen and oxygen atoms in total. The minimum absolute atomic E-state index is 0.574. The molecule has 0 radical (unpaired) electrons. The van der Waals surface area contributed by atoms with Crippen molar-refractivity contribution in [1.82, 2.24) is 4.98 Å². The maximum atomic E-state index is 10.2. The third kappa shape index (κ3) is 2.50. The summed E-state index contributed by atoms with van der Waals surface area (Å²) in [5, 5.41) is 11.4. The SMILES string of the molecule is CCCc1cc(N2CCC(C)(O)C2)c2ccccc2n1. The van der Waals surface area contributed by atoms with Crippen molar-refractivity contribution < 1.29 is 5.11 Å². The molecule has 0 aliphatic carbocycles. The van der Waals surface area contributed by atoms with Gasteiger partial charge in [0, 0.05) is 29.9 Å². The normalized spacial score (nSPS) is 22.6. The van der Waals surface area contributed by atoms with E-state index in [2.05, 4.69) is 36.1 Å². The van der Waals surface area contributed by atoms with Gasteiger partial charge in [0.1, 0.15) is 0 Å². The van der Waals surface area contributed by atoms with E-state index in [0.717, 1.165) is 37.0 Å². The van der Waals surface area contributed by atoms with Crippen LogP contribution < -0.4 is 4.90 Å². The number of rotatable bonds is 3. The Kier molecular flexibility index (Phi) is 3.38. The largest absolute Gasteiger partial charge is 0.388 e. The number of pyridine rings is 1. The van der Waals surface area contributed by atoms with E-state index in [9.17, 15) is 5.11 Å². The van der Waals surface area contributed by atoms with Gasteiger partial charge in [-0.25, -0.2) is 0 Å². The van der Waals surface area contributed by atoms with Crippen LogP contribution in [-0.2, 0) is 6.42 Å². The number of para-hydroxylation sites is 1. The van der Waals surface area contributed by atoms with E-state index in [1.54, 1.807) is 0 Å². The summed E-state index contributed by atoms with van der Waals surface area (Å²) >= 11 is 0. The summed E-state index contributed by atoms with van der Waals surface area (Å²) in [6.07, 6.45) is 2.93. The van der Waals surface area contributed by atoms with Gasteiger partial charge in [0.2, 0.25) is 0 Å². The molecule has 2 heterocycles. The zero-order valence-corrected chi connectivity index (χ0v) is 12.3. The molecular weight excluding hydrogens is 248 g/mol. The number of aliphatic hydroxyl groups is 1. The van der Waals surface area contributed by atoms with Crippen LogP contribution in [0.4, 0.5) is 5.69 Å². The zero-order chi connectivity index (χ0) is 14.2. The Balaban J connectivity index is 2.08. The maximum Gasteiger partial charge on any atom is 0.0810 e. The second-order valence-corrected chi connectivity index (χ2v) is 6.07. The van der Waals surface area contributed by atoms with Crippen molar-refractivity contribution in [2.75, 3.05) is 18.0 Å². The number of hydrogen-bond acceptors (Lipinski definition) is 3. The van der Waals surface area contributed by atoms with Gasteiger partial charge >= 0.3 is 0 Å². The molecule has 1 aromatic carbocycles. The summed E-state index contributed by atoms with van der Waals surface area (Å²) in [5.41, 5.74) is 2.85. The molecule has 1 fully saturated rings. The average molecular weight is 270 g/mol. The molecule has 1 aromatic heterocycles. The van der Waals surface area contributed by atoms with E-state index in [1.807, 2.05) is 13.0 Å². The van der Waals surface area contributed by atoms with E-state index in [4.69, 9.17) is 4.98 Å². The number of fused-ring (bicyclic) bond motifs is 1. The van der Waals surface area contributed by atoms with Crippen molar-refractivity contribution in [2.45, 2.75) is 38.7 Å². The maximum absolute atomic E-state index is 10.2. The first-order chi connectivity index (χ1) is 9.59. The van der Waals surface area contributed by atoms with E-state index >= 15 is 0 Å². The molecule has 3 heteroatoms. The molecular formula is C17H22N2O. The molecule has 1 unspecified atom stereocenters. The van der Waals surface area contributed by atoms with Crippen LogP contribution in [0.2, 0.25) is 0 Å². The van der Waals surface area contributed by atoms with Gasteiger partial charge in [0.15, 0.2) is 0 Å². The van der Waals surface area contributed by atoms with Gasteiger partial charge in [0.05, 0.1) is 11.1 Å². The van der Waals surface area contributed by atoms with E-state index in [0.29, 0.717) is 6.54 Å². The van der Waals surface area contributed by atoms with Gasteiger partial charge in [0.25, 0.3) is 0 Å². The van der Waals surface area contributed by atoms with E-state index < -0.39 is 5.60 Å². The number of β-amino-alcohol motifs (C(OH)–C–C–N with tert-alkyl or cyclic N) is 1. The summed E-state index contributed by atoms with van der Waals surface area (Å²) in [5.74, 6) is 0. The van der Waals surface area contributed by atoms with E-state index in [1.165, 1.54) is 11.1 Å². The molecule has 1 atom stereocenters. The third-order valence-corrected chi connectivity index (χ3v) is 4.05. The Labute approximate surface area is 120 Å². The molecule has 20 heavy (non-hydrogen) atoms. The van der Waals surface area contributed by atoms with Crippen LogP contribution in [0, 0.1) is 0 Å². The molecule has 0 bridgehead atoms. The fourth-order valence-corrected chi connectivity index (χ4v) is 3.01. The summed E-state index contributed by atoms with van der Waals surface area (Å²) < 4.78 is 0. The lowest BCUT2D eigenvalue weighted by molar-refractivity contribution is 0.0839. The van der Waals surface area contributed by atoms with E-state index in [-0.39, 0.29) is 0 Å². The van der Waals surface area contributed by atoms with Gasteiger partial charge in [-0.1, -0.05) is 31.5 Å². The fourth-order valence-electron chi connectivity index (χ4n) is 3.01. The molecule has 0 saturated carbocycles. The number of benzene rings is 1. The quantitative estimate of drug-likeness (QED) is 0.930. The highest BCUT2D eigenvalue weighted by atomic mass is 16.3. The Morgan fingerprint density at radius 2 is 2.15 bits per heavy atom. The number of hydrogen-bond donors (Lipinski definition) is 1. The minimum atomic E-state index is -0.574. The van der Waals surface area contributed by atoms with Gasteiger partial charge in [-0.15, -0.1) is 0 Å². The number of nitrogens with zero attached hydrogens (tertiary/aromatic N) is 2. The highest BCUT2D eigenvalue weighted by Gasteiger charge is 2.32. The minimum Gasteiger partial charge on any atom is -0.388 e. The Morgan fingerprint density at radius 3 is 2.85 bits per heavy atom. The lowest BCUT2D eigenvalue weighted by Crippen LogP contribution is -2.29. The van der Waals surface area contributed by atoms with Crippen molar-refractivity contribution in [3.05, 3.63) is 36.0 Å². The lowest BCUT2D eigenvalue weighted by Gasteiger charge is -2.23. The highest BCUT2D eigenvalue weighted by molar-refractivity contribution is 5.92. The first-order valence-corrected chi connectivity index (χ1v) is 7.45. The van der Waals surface area contributed by atoms with Gasteiger partial charge in [-0.05, 0) is 31.9 Å². The number of anilines is 1. The standard InChI is InChI=1S/C17H22N2O/c1-3-6-13-11-16(19-10-9-17(2,20)12-19)14-7-4-5-8-15(14)18-13/h4-5,7-8,11,20H,3,6,9-10,12H2,1-2H3. The van der Waals surface area contributed by atoms with Crippen molar-refractivity contribution in [1.29, 1.82) is 0 Å². The molecule has 1 aliphatic heterocycles. The average Bonchev–Trinajstić information content (AvgIpc) is 2.78. The van der Waals surface area contributed by atoms with Gasteiger partial charge in [-0.3, -0.25) is 4.98 Å². The van der Waals surface area contributed by atoms with Gasteiger partial charge < -0.3 is 10.0 Å². The van der Waals surface area contributed by atoms with Crippen LogP contribution in [0.25, 0.3) is 10.9 Å². The topological polar surface area (TPSA) is 36.4 Å². The Morgan fingerprint density at radius 1 is 1.35 bits per heavy atom. The summed E-state index contributed by atoms with van der Waals surface area (Å²) in [4.78, 5) is 7.04.